The van der Waals surface area contributed by atoms with Crippen molar-refractivity contribution in [3.8, 4) is 11.4 Å². The molecule has 0 fully saturated rings. The molecule has 3 rings (SSSR count). The van der Waals surface area contributed by atoms with Gasteiger partial charge in [-0.1, -0.05) is 0 Å². The highest BCUT2D eigenvalue weighted by molar-refractivity contribution is 9.10. The molecule has 2 N–H and O–H groups in total. The van der Waals surface area contributed by atoms with Crippen molar-refractivity contribution in [2.45, 2.75) is 6.92 Å². The minimum atomic E-state index is 0.438. The summed E-state index contributed by atoms with van der Waals surface area (Å²) in [6.45, 7) is 1.92. The number of anilines is 1. The number of benzene rings is 1. The summed E-state index contributed by atoms with van der Waals surface area (Å²) >= 11 is 3.48. The van der Waals surface area contributed by atoms with Gasteiger partial charge in [0.05, 0.1) is 23.0 Å². The van der Waals surface area contributed by atoms with E-state index in [9.17, 15) is 0 Å². The van der Waals surface area contributed by atoms with Crippen molar-refractivity contribution in [2.24, 2.45) is 7.05 Å². The van der Waals surface area contributed by atoms with Gasteiger partial charge in [0.15, 0.2) is 5.65 Å². The molecule has 2 aromatic heterocycles. The molecule has 20 heavy (non-hydrogen) atoms. The molecule has 3 aromatic rings. The van der Waals surface area contributed by atoms with Crippen LogP contribution in [0.5, 0.6) is 5.75 Å². The third kappa shape index (κ3) is 1.77. The number of hydrogen-bond donors (Lipinski definition) is 1. The van der Waals surface area contributed by atoms with E-state index in [2.05, 4.69) is 26.0 Å². The van der Waals surface area contributed by atoms with E-state index in [0.717, 1.165) is 32.8 Å². The van der Waals surface area contributed by atoms with Gasteiger partial charge in [-0.05, 0) is 41.1 Å². The van der Waals surface area contributed by atoms with Crippen LogP contribution in [0.1, 0.15) is 5.69 Å². The number of halogens is 1. The Bertz CT molecular complexity index is 805. The summed E-state index contributed by atoms with van der Waals surface area (Å²) in [4.78, 5) is 4.39. The number of imidazole rings is 1. The summed E-state index contributed by atoms with van der Waals surface area (Å²) in [5.74, 6) is 1.21. The van der Waals surface area contributed by atoms with E-state index in [1.165, 1.54) is 0 Å². The Morgan fingerprint density at radius 3 is 2.75 bits per heavy atom. The third-order valence-corrected chi connectivity index (χ3v) is 3.84. The zero-order chi connectivity index (χ0) is 14.4. The van der Waals surface area contributed by atoms with Gasteiger partial charge in [0, 0.05) is 7.05 Å². The van der Waals surface area contributed by atoms with Crippen LogP contribution in [0.2, 0.25) is 0 Å². The summed E-state index contributed by atoms with van der Waals surface area (Å²) in [6.07, 6.45) is 0. The van der Waals surface area contributed by atoms with Gasteiger partial charge >= 0.3 is 0 Å². The summed E-state index contributed by atoms with van der Waals surface area (Å²) < 4.78 is 9.76. The van der Waals surface area contributed by atoms with Crippen molar-refractivity contribution in [2.75, 3.05) is 12.8 Å². The van der Waals surface area contributed by atoms with Gasteiger partial charge in [-0.15, -0.1) is 0 Å². The average Bonchev–Trinajstić information content (AvgIpc) is 2.88. The van der Waals surface area contributed by atoms with Crippen molar-refractivity contribution >= 4 is 33.0 Å². The first kappa shape index (κ1) is 13.0. The predicted molar refractivity (Wildman–Crippen MR) is 81.2 cm³/mol. The minimum Gasteiger partial charge on any atom is -0.496 e. The number of hydrogen-bond acceptors (Lipinski definition) is 4. The number of rotatable bonds is 2. The van der Waals surface area contributed by atoms with E-state index in [4.69, 9.17) is 10.5 Å². The first-order valence-corrected chi connectivity index (χ1v) is 6.83. The minimum absolute atomic E-state index is 0.438. The maximum atomic E-state index is 6.05. The molecule has 0 spiro atoms. The Morgan fingerprint density at radius 1 is 1.35 bits per heavy atom. The van der Waals surface area contributed by atoms with Crippen LogP contribution in [-0.2, 0) is 7.05 Å². The van der Waals surface area contributed by atoms with Crippen LogP contribution in [0.3, 0.4) is 0 Å². The Balaban J connectivity index is 2.29. The van der Waals surface area contributed by atoms with Gasteiger partial charge in [-0.25, -0.2) is 9.67 Å². The Kier molecular flexibility index (Phi) is 2.93. The fourth-order valence-corrected chi connectivity index (χ4v) is 2.87. The van der Waals surface area contributed by atoms with E-state index in [0.29, 0.717) is 5.95 Å². The van der Waals surface area contributed by atoms with Crippen molar-refractivity contribution in [3.63, 3.8) is 0 Å². The number of ether oxygens (including phenoxy) is 1. The number of nitrogens with two attached hydrogens (primary N) is 1. The molecule has 0 aliphatic carbocycles. The number of aryl methyl sites for hydroxylation is 2. The smallest absolute Gasteiger partial charge is 0.207 e. The number of nitrogen functional groups attached to an aromatic ring is 1. The fraction of sp³-hybridized carbons (Fsp3) is 0.231. The Labute approximate surface area is 124 Å². The van der Waals surface area contributed by atoms with E-state index < -0.39 is 0 Å². The molecular weight excluding hydrogens is 322 g/mol. The first-order chi connectivity index (χ1) is 9.52. The SMILES string of the molecule is COc1ccc(-n2c(N)nc3c(C)nn(C)c32)cc1Br. The highest BCUT2D eigenvalue weighted by Crippen LogP contribution is 2.30. The molecule has 6 nitrogen and oxygen atoms in total. The lowest BCUT2D eigenvalue weighted by atomic mass is 10.3. The van der Waals surface area contributed by atoms with E-state index >= 15 is 0 Å². The lowest BCUT2D eigenvalue weighted by Gasteiger charge is -2.09. The van der Waals surface area contributed by atoms with Gasteiger partial charge in [-0.2, -0.15) is 5.10 Å². The fourth-order valence-electron chi connectivity index (χ4n) is 2.34. The number of aromatic nitrogens is 4. The quantitative estimate of drug-likeness (QED) is 0.780. The van der Waals surface area contributed by atoms with Crippen molar-refractivity contribution < 1.29 is 4.74 Å². The molecule has 0 saturated heterocycles. The van der Waals surface area contributed by atoms with Gasteiger partial charge in [0.2, 0.25) is 5.95 Å². The van der Waals surface area contributed by atoms with Crippen molar-refractivity contribution in [1.82, 2.24) is 19.3 Å². The molecule has 0 atom stereocenters. The molecule has 104 valence electrons. The second-order valence-corrected chi connectivity index (χ2v) is 5.36. The average molecular weight is 336 g/mol. The molecule has 7 heteroatoms. The Hall–Kier alpha value is -2.02. The number of methoxy groups -OCH3 is 1. The highest BCUT2D eigenvalue weighted by Gasteiger charge is 2.17. The third-order valence-electron chi connectivity index (χ3n) is 3.22. The standard InChI is InChI=1S/C13H14BrN5O/c1-7-11-12(18(2)17-7)19(13(15)16-11)8-4-5-10(20-3)9(14)6-8/h4-6H,1-3H3,(H2,15,16). The second-order valence-electron chi connectivity index (χ2n) is 4.51. The maximum absolute atomic E-state index is 6.05. The predicted octanol–water partition coefficient (Wildman–Crippen LogP) is 2.42. The van der Waals surface area contributed by atoms with Crippen molar-refractivity contribution in [3.05, 3.63) is 28.4 Å². The van der Waals surface area contributed by atoms with Gasteiger partial charge in [0.25, 0.3) is 0 Å². The summed E-state index contributed by atoms with van der Waals surface area (Å²) in [5, 5.41) is 4.37. The summed E-state index contributed by atoms with van der Waals surface area (Å²) in [7, 11) is 3.51. The zero-order valence-corrected chi connectivity index (χ0v) is 13.0. The molecule has 0 unspecified atom stereocenters. The molecular formula is C13H14BrN5O. The van der Waals surface area contributed by atoms with Crippen LogP contribution >= 0.6 is 15.9 Å². The van der Waals surface area contributed by atoms with Gasteiger partial charge < -0.3 is 10.5 Å². The largest absolute Gasteiger partial charge is 0.496 e. The maximum Gasteiger partial charge on any atom is 0.207 e. The van der Waals surface area contributed by atoms with Crippen LogP contribution in [0, 0.1) is 6.92 Å². The van der Waals surface area contributed by atoms with Gasteiger partial charge in [-0.3, -0.25) is 4.57 Å². The van der Waals surface area contributed by atoms with Crippen LogP contribution in [0.15, 0.2) is 22.7 Å². The summed E-state index contributed by atoms with van der Waals surface area (Å²) in [6, 6.07) is 5.76. The van der Waals surface area contributed by atoms with E-state index in [-0.39, 0.29) is 0 Å². The number of fused-ring (bicyclic) bond motifs is 1. The summed E-state index contributed by atoms with van der Waals surface area (Å²) in [5.41, 5.74) is 9.51. The second kappa shape index (κ2) is 4.52. The monoisotopic (exact) mass is 335 g/mol. The van der Waals surface area contributed by atoms with Crippen molar-refractivity contribution in [1.29, 1.82) is 0 Å². The number of nitrogens with zero attached hydrogens (tertiary/aromatic N) is 4. The lowest BCUT2D eigenvalue weighted by Crippen LogP contribution is -2.05. The lowest BCUT2D eigenvalue weighted by molar-refractivity contribution is 0.412. The molecule has 0 aliphatic rings. The normalized spacial score (nSPS) is 11.2. The molecule has 0 bridgehead atoms. The molecule has 0 radical (unpaired) electrons. The van der Waals surface area contributed by atoms with Crippen LogP contribution in [-0.4, -0.2) is 26.4 Å². The van der Waals surface area contributed by atoms with Crippen LogP contribution < -0.4 is 10.5 Å². The first-order valence-electron chi connectivity index (χ1n) is 6.04. The highest BCUT2D eigenvalue weighted by atomic mass is 79.9. The van der Waals surface area contributed by atoms with E-state index in [1.54, 1.807) is 11.8 Å². The van der Waals surface area contributed by atoms with E-state index in [1.807, 2.05) is 36.7 Å². The zero-order valence-electron chi connectivity index (χ0n) is 11.4. The molecule has 0 saturated carbocycles. The topological polar surface area (TPSA) is 70.9 Å². The molecule has 2 heterocycles. The van der Waals surface area contributed by atoms with Crippen LogP contribution in [0.25, 0.3) is 16.9 Å². The van der Waals surface area contributed by atoms with Crippen LogP contribution in [0.4, 0.5) is 5.95 Å². The molecule has 1 aromatic carbocycles. The molecule has 0 aliphatic heterocycles. The Morgan fingerprint density at radius 2 is 2.10 bits per heavy atom. The molecule has 0 amide bonds. The van der Waals surface area contributed by atoms with Gasteiger partial charge in [0.1, 0.15) is 11.3 Å².